The van der Waals surface area contributed by atoms with Crippen LogP contribution in [0, 0.1) is 0 Å². The summed E-state index contributed by atoms with van der Waals surface area (Å²) in [7, 11) is 4.99. The Balaban J connectivity index is 1.65. The van der Waals surface area contributed by atoms with Gasteiger partial charge < -0.3 is 19.1 Å². The molecular weight excluding hydrogens is 380 g/mol. The molecule has 2 aromatic carbocycles. The van der Waals surface area contributed by atoms with Crippen LogP contribution >= 0.6 is 24.0 Å². The van der Waals surface area contributed by atoms with Crippen molar-refractivity contribution in [1.29, 1.82) is 0 Å². The van der Waals surface area contributed by atoms with Gasteiger partial charge in [-0.15, -0.1) is 0 Å². The van der Waals surface area contributed by atoms with Crippen LogP contribution in [0.25, 0.3) is 0 Å². The fourth-order valence-electron chi connectivity index (χ4n) is 2.98. The summed E-state index contributed by atoms with van der Waals surface area (Å²) in [5.74, 6) is 3.25. The predicted molar refractivity (Wildman–Crippen MR) is 114 cm³/mol. The average molecular weight is 405 g/mol. The van der Waals surface area contributed by atoms with Crippen LogP contribution in [-0.2, 0) is 13.1 Å². The van der Waals surface area contributed by atoms with Gasteiger partial charge in [-0.05, 0) is 35.4 Å². The molecule has 0 aliphatic carbocycles. The highest BCUT2D eigenvalue weighted by Gasteiger charge is 2.22. The maximum Gasteiger partial charge on any atom is 0.161 e. The average Bonchev–Trinajstić information content (AvgIpc) is 2.71. The van der Waals surface area contributed by atoms with E-state index in [-0.39, 0.29) is 0 Å². The zero-order valence-corrected chi connectivity index (χ0v) is 17.4. The van der Waals surface area contributed by atoms with Crippen molar-refractivity contribution >= 4 is 28.3 Å². The Morgan fingerprint density at radius 1 is 0.889 bits per heavy atom. The molecule has 0 unspecified atom stereocenters. The molecule has 144 valence electrons. The van der Waals surface area contributed by atoms with Gasteiger partial charge in [0.25, 0.3) is 0 Å². The summed E-state index contributed by atoms with van der Waals surface area (Å²) in [6.45, 7) is 2.42. The van der Waals surface area contributed by atoms with Crippen molar-refractivity contribution in [3.63, 3.8) is 0 Å². The third-order valence-electron chi connectivity index (χ3n) is 4.39. The number of methoxy groups -OCH3 is 3. The minimum Gasteiger partial charge on any atom is -0.497 e. The van der Waals surface area contributed by atoms with Crippen molar-refractivity contribution in [3.05, 3.63) is 53.6 Å². The molecule has 0 amide bonds. The van der Waals surface area contributed by atoms with Crippen molar-refractivity contribution in [2.45, 2.75) is 13.1 Å². The Morgan fingerprint density at radius 3 is 2.26 bits per heavy atom. The lowest BCUT2D eigenvalue weighted by molar-refractivity contribution is 0.200. The van der Waals surface area contributed by atoms with Gasteiger partial charge in [-0.25, -0.2) is 0 Å². The van der Waals surface area contributed by atoms with E-state index in [9.17, 15) is 0 Å². The monoisotopic (exact) mass is 404 g/mol. The summed E-state index contributed by atoms with van der Waals surface area (Å²) in [5, 5.41) is 0. The second-order valence-electron chi connectivity index (χ2n) is 6.25. The first-order valence-electron chi connectivity index (χ1n) is 8.61. The third-order valence-corrected chi connectivity index (χ3v) is 6.00. The van der Waals surface area contributed by atoms with Gasteiger partial charge in [0.15, 0.2) is 11.5 Å². The summed E-state index contributed by atoms with van der Waals surface area (Å²) >= 11 is 7.27. The highest BCUT2D eigenvalue weighted by atomic mass is 32.2. The van der Waals surface area contributed by atoms with Crippen LogP contribution in [0.5, 0.6) is 17.2 Å². The molecule has 27 heavy (non-hydrogen) atoms. The standard InChI is InChI=1S/C20H24N2O3S2/c1-23-17-7-4-15(5-8-17)12-22-13-21(14-27-20(22)26)11-16-6-9-18(24-2)19(10-16)25-3/h4-10H,11-14H2,1-3H3. The molecule has 1 aliphatic heterocycles. The van der Waals surface area contributed by atoms with Crippen LogP contribution in [-0.4, -0.2) is 48.0 Å². The summed E-state index contributed by atoms with van der Waals surface area (Å²) in [5.41, 5.74) is 2.40. The van der Waals surface area contributed by atoms with Gasteiger partial charge >= 0.3 is 0 Å². The van der Waals surface area contributed by atoms with Crippen molar-refractivity contribution in [2.24, 2.45) is 0 Å². The second-order valence-corrected chi connectivity index (χ2v) is 7.82. The summed E-state index contributed by atoms with van der Waals surface area (Å²) < 4.78 is 16.9. The van der Waals surface area contributed by atoms with Gasteiger partial charge in [0.2, 0.25) is 0 Å². The minimum absolute atomic E-state index is 0.747. The van der Waals surface area contributed by atoms with Crippen molar-refractivity contribution in [1.82, 2.24) is 9.80 Å². The molecule has 1 heterocycles. The molecule has 0 aromatic heterocycles. The number of thioether (sulfide) groups is 1. The zero-order chi connectivity index (χ0) is 19.2. The molecule has 0 radical (unpaired) electrons. The molecule has 1 fully saturated rings. The maximum absolute atomic E-state index is 5.57. The first-order chi connectivity index (χ1) is 13.1. The molecule has 2 aromatic rings. The molecule has 0 bridgehead atoms. The van der Waals surface area contributed by atoms with Gasteiger partial charge in [-0.2, -0.15) is 0 Å². The maximum atomic E-state index is 5.57. The molecule has 5 nitrogen and oxygen atoms in total. The van der Waals surface area contributed by atoms with Gasteiger partial charge in [0.05, 0.1) is 33.9 Å². The molecular formula is C20H24N2O3S2. The number of thiocarbonyl (C=S) groups is 1. The Labute approximate surface area is 170 Å². The van der Waals surface area contributed by atoms with E-state index < -0.39 is 0 Å². The predicted octanol–water partition coefficient (Wildman–Crippen LogP) is 3.96. The lowest BCUT2D eigenvalue weighted by Gasteiger charge is -2.36. The lowest BCUT2D eigenvalue weighted by Crippen LogP contribution is -2.43. The van der Waals surface area contributed by atoms with E-state index in [0.29, 0.717) is 0 Å². The smallest absolute Gasteiger partial charge is 0.161 e. The van der Waals surface area contributed by atoms with Gasteiger partial charge in [0, 0.05) is 13.1 Å². The number of hydrogen-bond acceptors (Lipinski definition) is 6. The van der Waals surface area contributed by atoms with E-state index in [4.69, 9.17) is 26.4 Å². The molecule has 3 rings (SSSR count). The number of ether oxygens (including phenoxy) is 3. The van der Waals surface area contributed by atoms with Gasteiger partial charge in [-0.3, -0.25) is 4.90 Å². The minimum atomic E-state index is 0.747. The molecule has 1 saturated heterocycles. The Kier molecular flexibility index (Phi) is 6.82. The van der Waals surface area contributed by atoms with Crippen LogP contribution in [0.15, 0.2) is 42.5 Å². The van der Waals surface area contributed by atoms with Crippen LogP contribution in [0.4, 0.5) is 0 Å². The Hall–Kier alpha value is -1.96. The summed E-state index contributed by atoms with van der Waals surface area (Å²) in [6, 6.07) is 14.2. The molecule has 1 aliphatic rings. The molecule has 0 saturated carbocycles. The van der Waals surface area contributed by atoms with Crippen LogP contribution in [0.1, 0.15) is 11.1 Å². The quantitative estimate of drug-likeness (QED) is 0.646. The van der Waals surface area contributed by atoms with E-state index in [0.717, 1.165) is 47.2 Å². The summed E-state index contributed by atoms with van der Waals surface area (Å²) in [6.07, 6.45) is 0. The first-order valence-corrected chi connectivity index (χ1v) is 10.00. The van der Waals surface area contributed by atoms with E-state index in [1.807, 2.05) is 24.3 Å². The van der Waals surface area contributed by atoms with Gasteiger partial charge in [0.1, 0.15) is 10.1 Å². The lowest BCUT2D eigenvalue weighted by atomic mass is 10.2. The molecule has 7 heteroatoms. The number of rotatable bonds is 7. The second kappa shape index (κ2) is 9.30. The van der Waals surface area contributed by atoms with Gasteiger partial charge in [-0.1, -0.05) is 42.2 Å². The highest BCUT2D eigenvalue weighted by molar-refractivity contribution is 8.22. The van der Waals surface area contributed by atoms with E-state index in [1.165, 1.54) is 11.1 Å². The fourth-order valence-corrected chi connectivity index (χ4v) is 4.03. The van der Waals surface area contributed by atoms with Crippen molar-refractivity contribution in [2.75, 3.05) is 33.9 Å². The first kappa shape index (κ1) is 19.8. The normalized spacial score (nSPS) is 14.9. The Bertz CT molecular complexity index is 783. The van der Waals surface area contributed by atoms with Crippen LogP contribution in [0.3, 0.4) is 0 Å². The number of benzene rings is 2. The van der Waals surface area contributed by atoms with Crippen molar-refractivity contribution < 1.29 is 14.2 Å². The van der Waals surface area contributed by atoms with Crippen molar-refractivity contribution in [3.8, 4) is 17.2 Å². The number of hydrogen-bond donors (Lipinski definition) is 0. The molecule has 0 spiro atoms. The van der Waals surface area contributed by atoms with E-state index in [2.05, 4.69) is 28.0 Å². The molecule has 0 N–H and O–H groups in total. The van der Waals surface area contributed by atoms with Crippen LogP contribution < -0.4 is 14.2 Å². The zero-order valence-electron chi connectivity index (χ0n) is 15.8. The SMILES string of the molecule is COc1ccc(CN2CN(Cc3ccc(OC)c(OC)c3)CSC2=S)cc1. The van der Waals surface area contributed by atoms with Crippen LogP contribution in [0.2, 0.25) is 0 Å². The topological polar surface area (TPSA) is 34.2 Å². The Morgan fingerprint density at radius 2 is 1.59 bits per heavy atom. The fraction of sp³-hybridized carbons (Fsp3) is 0.350. The van der Waals surface area contributed by atoms with E-state index in [1.54, 1.807) is 33.1 Å². The third kappa shape index (κ3) is 5.06. The number of nitrogens with zero attached hydrogens (tertiary/aromatic N) is 2. The van der Waals surface area contributed by atoms with E-state index >= 15 is 0 Å². The molecule has 0 atom stereocenters. The highest BCUT2D eigenvalue weighted by Crippen LogP contribution is 2.29. The summed E-state index contributed by atoms with van der Waals surface area (Å²) in [4.78, 5) is 4.59. The largest absolute Gasteiger partial charge is 0.497 e.